The van der Waals surface area contributed by atoms with Crippen LogP contribution in [-0.4, -0.2) is 29.3 Å². The lowest BCUT2D eigenvalue weighted by molar-refractivity contribution is -0.125. The van der Waals surface area contributed by atoms with Crippen molar-refractivity contribution >= 4 is 17.8 Å². The number of imide groups is 1. The molecule has 0 saturated carbocycles. The van der Waals surface area contributed by atoms with Crippen molar-refractivity contribution in [1.29, 1.82) is 0 Å². The molecule has 0 aliphatic carbocycles. The van der Waals surface area contributed by atoms with Crippen LogP contribution in [0.2, 0.25) is 0 Å². The molecule has 30 heavy (non-hydrogen) atoms. The number of amides is 4. The molecule has 1 aromatic heterocycles. The standard InChI is InChI=1S/C22H16FN3O4/c23-15-7-6-14-11-26(19(27)16(14)10-15)12-22(20(28)24-21(29)25-22)18-9-8-17(30-18)13-4-2-1-3-5-13/h1-10H,11-12H2,(H2,24,25,28,29)/t22-/m1/s1. The van der Waals surface area contributed by atoms with Crippen LogP contribution >= 0.6 is 0 Å². The lowest BCUT2D eigenvalue weighted by Crippen LogP contribution is -2.52. The highest BCUT2D eigenvalue weighted by Crippen LogP contribution is 2.34. The molecule has 5 rings (SSSR count). The van der Waals surface area contributed by atoms with Crippen molar-refractivity contribution in [2.24, 2.45) is 0 Å². The van der Waals surface area contributed by atoms with Crippen molar-refractivity contribution in [3.8, 4) is 11.3 Å². The number of fused-ring (bicyclic) bond motifs is 1. The quantitative estimate of drug-likeness (QED) is 0.653. The van der Waals surface area contributed by atoms with E-state index in [1.54, 1.807) is 18.2 Å². The summed E-state index contributed by atoms with van der Waals surface area (Å²) >= 11 is 0. The van der Waals surface area contributed by atoms with Gasteiger partial charge < -0.3 is 14.6 Å². The van der Waals surface area contributed by atoms with Gasteiger partial charge in [0.15, 0.2) is 5.54 Å². The number of benzene rings is 2. The molecule has 2 aliphatic rings. The van der Waals surface area contributed by atoms with Gasteiger partial charge in [0.05, 0.1) is 6.54 Å². The van der Waals surface area contributed by atoms with Crippen molar-refractivity contribution in [2.75, 3.05) is 6.54 Å². The Kier molecular flexibility index (Phi) is 3.95. The topological polar surface area (TPSA) is 91.7 Å². The van der Waals surface area contributed by atoms with Crippen molar-refractivity contribution < 1.29 is 23.2 Å². The van der Waals surface area contributed by atoms with Gasteiger partial charge in [0, 0.05) is 17.7 Å². The summed E-state index contributed by atoms with van der Waals surface area (Å²) in [4.78, 5) is 39.0. The predicted molar refractivity (Wildman–Crippen MR) is 104 cm³/mol. The zero-order valence-corrected chi connectivity index (χ0v) is 15.6. The highest BCUT2D eigenvalue weighted by molar-refractivity contribution is 6.08. The van der Waals surface area contributed by atoms with E-state index in [0.29, 0.717) is 11.3 Å². The summed E-state index contributed by atoms with van der Waals surface area (Å²) in [6.07, 6.45) is 0. The van der Waals surface area contributed by atoms with Gasteiger partial charge in [-0.2, -0.15) is 0 Å². The molecule has 150 valence electrons. The number of halogens is 1. The fraction of sp³-hybridized carbons (Fsp3) is 0.136. The number of carbonyl (C=O) groups excluding carboxylic acids is 3. The van der Waals surface area contributed by atoms with Gasteiger partial charge in [-0.15, -0.1) is 0 Å². The molecular weight excluding hydrogens is 389 g/mol. The Balaban J connectivity index is 1.51. The second-order valence-electron chi connectivity index (χ2n) is 7.31. The SMILES string of the molecule is O=C1NC(=O)[C@@](CN2Cc3ccc(F)cc3C2=O)(c2ccc(-c3ccccc3)o2)N1. The lowest BCUT2D eigenvalue weighted by atomic mass is 9.95. The Morgan fingerprint density at radius 3 is 2.57 bits per heavy atom. The fourth-order valence-electron chi connectivity index (χ4n) is 3.93. The molecule has 4 amide bonds. The van der Waals surface area contributed by atoms with Crippen molar-refractivity contribution in [3.05, 3.63) is 83.4 Å². The van der Waals surface area contributed by atoms with Gasteiger partial charge in [0.1, 0.15) is 17.3 Å². The largest absolute Gasteiger partial charge is 0.458 e. The van der Waals surface area contributed by atoms with E-state index in [4.69, 9.17) is 4.42 Å². The second kappa shape index (κ2) is 6.55. The van der Waals surface area contributed by atoms with Gasteiger partial charge in [-0.25, -0.2) is 9.18 Å². The van der Waals surface area contributed by atoms with Crippen LogP contribution in [0.5, 0.6) is 0 Å². The third kappa shape index (κ3) is 2.76. The van der Waals surface area contributed by atoms with Crippen LogP contribution in [-0.2, 0) is 16.9 Å². The first kappa shape index (κ1) is 18.1. The van der Waals surface area contributed by atoms with E-state index in [-0.39, 0.29) is 24.4 Å². The van der Waals surface area contributed by atoms with E-state index in [2.05, 4.69) is 10.6 Å². The van der Waals surface area contributed by atoms with Crippen molar-refractivity contribution in [1.82, 2.24) is 15.5 Å². The molecule has 7 nitrogen and oxygen atoms in total. The van der Waals surface area contributed by atoms with Crippen LogP contribution in [0.25, 0.3) is 11.3 Å². The number of furan rings is 1. The Morgan fingerprint density at radius 2 is 1.83 bits per heavy atom. The number of nitrogens with one attached hydrogen (secondary N) is 2. The van der Waals surface area contributed by atoms with Crippen molar-refractivity contribution in [2.45, 2.75) is 12.1 Å². The van der Waals surface area contributed by atoms with E-state index in [0.717, 1.165) is 5.56 Å². The number of urea groups is 1. The molecule has 2 N–H and O–H groups in total. The molecular formula is C22H16FN3O4. The predicted octanol–water partition coefficient (Wildman–Crippen LogP) is 2.78. The van der Waals surface area contributed by atoms with Gasteiger partial charge in [0.2, 0.25) is 0 Å². The second-order valence-corrected chi connectivity index (χ2v) is 7.31. The lowest BCUT2D eigenvalue weighted by Gasteiger charge is -2.29. The van der Waals surface area contributed by atoms with E-state index in [1.807, 2.05) is 30.3 Å². The summed E-state index contributed by atoms with van der Waals surface area (Å²) in [5.74, 6) is -0.801. The highest BCUT2D eigenvalue weighted by atomic mass is 19.1. The van der Waals surface area contributed by atoms with Gasteiger partial charge in [-0.05, 0) is 29.8 Å². The van der Waals surface area contributed by atoms with Crippen LogP contribution in [0.15, 0.2) is 65.1 Å². The molecule has 0 bridgehead atoms. The van der Waals surface area contributed by atoms with Gasteiger partial charge >= 0.3 is 6.03 Å². The molecule has 0 unspecified atom stereocenters. The molecule has 3 heterocycles. The minimum Gasteiger partial charge on any atom is -0.458 e. The summed E-state index contributed by atoms with van der Waals surface area (Å²) < 4.78 is 19.5. The summed E-state index contributed by atoms with van der Waals surface area (Å²) in [6, 6.07) is 16.0. The number of nitrogens with zero attached hydrogens (tertiary/aromatic N) is 1. The maximum absolute atomic E-state index is 13.6. The molecule has 3 aromatic rings. The first-order valence-electron chi connectivity index (χ1n) is 9.33. The summed E-state index contributed by atoms with van der Waals surface area (Å²) in [7, 11) is 0. The summed E-state index contributed by atoms with van der Waals surface area (Å²) in [5.41, 5.74) is 0.133. The Morgan fingerprint density at radius 1 is 1.03 bits per heavy atom. The molecule has 0 radical (unpaired) electrons. The summed E-state index contributed by atoms with van der Waals surface area (Å²) in [6.45, 7) is 0.0487. The molecule has 2 aromatic carbocycles. The number of rotatable bonds is 4. The molecule has 1 atom stereocenters. The van der Waals surface area contributed by atoms with Gasteiger partial charge in [-0.3, -0.25) is 14.9 Å². The average Bonchev–Trinajstić information content (AvgIpc) is 3.41. The zero-order chi connectivity index (χ0) is 20.9. The van der Waals surface area contributed by atoms with Crippen LogP contribution in [0.4, 0.5) is 9.18 Å². The third-order valence-electron chi connectivity index (χ3n) is 5.41. The molecule has 2 aliphatic heterocycles. The maximum Gasteiger partial charge on any atom is 0.322 e. The first-order chi connectivity index (χ1) is 14.5. The first-order valence-corrected chi connectivity index (χ1v) is 9.33. The number of carbonyl (C=O) groups is 3. The monoisotopic (exact) mass is 405 g/mol. The normalized spacial score (nSPS) is 20.3. The Labute approximate surface area is 170 Å². The van der Waals surface area contributed by atoms with Crippen molar-refractivity contribution in [3.63, 3.8) is 0 Å². The van der Waals surface area contributed by atoms with Crippen LogP contribution in [0.1, 0.15) is 21.7 Å². The maximum atomic E-state index is 13.6. The smallest absolute Gasteiger partial charge is 0.322 e. The molecule has 1 fully saturated rings. The highest BCUT2D eigenvalue weighted by Gasteiger charge is 2.52. The van der Waals surface area contributed by atoms with E-state index in [9.17, 15) is 18.8 Å². The van der Waals surface area contributed by atoms with Crippen LogP contribution < -0.4 is 10.6 Å². The van der Waals surface area contributed by atoms with E-state index >= 15 is 0 Å². The fourth-order valence-corrected chi connectivity index (χ4v) is 3.93. The minimum atomic E-state index is -1.58. The zero-order valence-electron chi connectivity index (χ0n) is 15.6. The third-order valence-corrected chi connectivity index (χ3v) is 5.41. The number of hydrogen-bond acceptors (Lipinski definition) is 4. The average molecular weight is 405 g/mol. The Bertz CT molecular complexity index is 1190. The molecule has 0 spiro atoms. The van der Waals surface area contributed by atoms with E-state index in [1.165, 1.54) is 17.0 Å². The Hall–Kier alpha value is -3.94. The molecule has 1 saturated heterocycles. The number of hydrogen-bond donors (Lipinski definition) is 2. The minimum absolute atomic E-state index is 0.151. The molecule has 8 heteroatoms. The van der Waals surface area contributed by atoms with E-state index < -0.39 is 29.2 Å². The van der Waals surface area contributed by atoms with Crippen LogP contribution in [0, 0.1) is 5.82 Å². The van der Waals surface area contributed by atoms with Gasteiger partial charge in [-0.1, -0.05) is 36.4 Å². The summed E-state index contributed by atoms with van der Waals surface area (Å²) in [5, 5.41) is 4.85. The van der Waals surface area contributed by atoms with Crippen LogP contribution in [0.3, 0.4) is 0 Å². The van der Waals surface area contributed by atoms with Gasteiger partial charge in [0.25, 0.3) is 11.8 Å².